The maximum Gasteiger partial charge on any atom is 0.237 e. The molecule has 0 radical (unpaired) electrons. The molecular weight excluding hydrogens is 238 g/mol. The van der Waals surface area contributed by atoms with E-state index in [1.807, 2.05) is 14.0 Å². The number of amides is 1. The summed E-state index contributed by atoms with van der Waals surface area (Å²) in [5, 5.41) is 6.30. The summed E-state index contributed by atoms with van der Waals surface area (Å²) >= 11 is 0. The van der Waals surface area contributed by atoms with Crippen molar-refractivity contribution in [2.75, 3.05) is 26.7 Å². The fourth-order valence-corrected chi connectivity index (χ4v) is 2.61. The van der Waals surface area contributed by atoms with Crippen molar-refractivity contribution in [3.05, 3.63) is 0 Å². The van der Waals surface area contributed by atoms with Crippen molar-refractivity contribution >= 4 is 5.91 Å². The number of hydrogen-bond acceptors (Lipinski definition) is 3. The van der Waals surface area contributed by atoms with Crippen LogP contribution in [0.3, 0.4) is 0 Å². The van der Waals surface area contributed by atoms with Gasteiger partial charge in [0.05, 0.1) is 6.04 Å². The largest absolute Gasteiger partial charge is 0.352 e. The molecule has 0 bridgehead atoms. The molecule has 112 valence electrons. The molecular formula is C15H31N3O. The minimum atomic E-state index is 0.0132. The molecule has 0 aromatic rings. The minimum Gasteiger partial charge on any atom is -0.352 e. The number of piperidine rings is 1. The van der Waals surface area contributed by atoms with E-state index in [0.717, 1.165) is 32.0 Å². The zero-order valence-electron chi connectivity index (χ0n) is 13.0. The maximum atomic E-state index is 12.1. The Morgan fingerprint density at radius 2 is 1.95 bits per heavy atom. The predicted octanol–water partition coefficient (Wildman–Crippen LogP) is 1.61. The summed E-state index contributed by atoms with van der Waals surface area (Å²) in [5.74, 6) is 1.01. The molecule has 0 aromatic carbocycles. The van der Waals surface area contributed by atoms with Gasteiger partial charge in [0.2, 0.25) is 5.91 Å². The van der Waals surface area contributed by atoms with Gasteiger partial charge in [-0.05, 0) is 72.1 Å². The highest BCUT2D eigenvalue weighted by atomic mass is 16.2. The van der Waals surface area contributed by atoms with Crippen LogP contribution in [-0.2, 0) is 4.79 Å². The first-order valence-corrected chi connectivity index (χ1v) is 7.77. The van der Waals surface area contributed by atoms with Crippen LogP contribution in [0.1, 0.15) is 46.5 Å². The third kappa shape index (κ3) is 5.49. The number of carbonyl (C=O) groups is 1. The second-order valence-electron chi connectivity index (χ2n) is 5.87. The van der Waals surface area contributed by atoms with E-state index in [0.29, 0.717) is 0 Å². The normalized spacial score (nSPS) is 21.1. The Bertz CT molecular complexity index is 262. The van der Waals surface area contributed by atoms with Crippen LogP contribution in [-0.4, -0.2) is 49.6 Å². The molecule has 0 spiro atoms. The van der Waals surface area contributed by atoms with Crippen LogP contribution in [0.25, 0.3) is 0 Å². The lowest BCUT2D eigenvalue weighted by molar-refractivity contribution is -0.127. The Kier molecular flexibility index (Phi) is 7.39. The summed E-state index contributed by atoms with van der Waals surface area (Å²) in [6.07, 6.45) is 4.70. The summed E-state index contributed by atoms with van der Waals surface area (Å²) in [7, 11) is 2.01. The van der Waals surface area contributed by atoms with E-state index in [1.165, 1.54) is 19.3 Å². The average molecular weight is 269 g/mol. The fourth-order valence-electron chi connectivity index (χ4n) is 2.61. The van der Waals surface area contributed by atoms with Gasteiger partial charge in [-0.2, -0.15) is 0 Å². The van der Waals surface area contributed by atoms with Gasteiger partial charge in [0.15, 0.2) is 0 Å². The quantitative estimate of drug-likeness (QED) is 0.738. The van der Waals surface area contributed by atoms with Crippen LogP contribution in [0, 0.1) is 5.92 Å². The Balaban J connectivity index is 2.31. The molecule has 1 heterocycles. The number of hydrogen-bond donors (Lipinski definition) is 2. The molecule has 2 unspecified atom stereocenters. The summed E-state index contributed by atoms with van der Waals surface area (Å²) in [5.41, 5.74) is 0. The molecule has 2 atom stereocenters. The molecule has 19 heavy (non-hydrogen) atoms. The van der Waals surface area contributed by atoms with Gasteiger partial charge in [0.1, 0.15) is 0 Å². The number of rotatable bonds is 7. The Hall–Kier alpha value is -0.610. The number of nitrogens with one attached hydrogen (secondary N) is 2. The molecule has 1 aliphatic rings. The minimum absolute atomic E-state index is 0.0132. The molecule has 0 aromatic heterocycles. The van der Waals surface area contributed by atoms with Crippen molar-refractivity contribution < 1.29 is 4.79 Å². The lowest BCUT2D eigenvalue weighted by atomic mass is 9.92. The third-order valence-corrected chi connectivity index (χ3v) is 4.38. The molecule has 1 rings (SSSR count). The van der Waals surface area contributed by atoms with Crippen LogP contribution in [0.2, 0.25) is 0 Å². The summed E-state index contributed by atoms with van der Waals surface area (Å²) in [6, 6.07) is 0.294. The summed E-state index contributed by atoms with van der Waals surface area (Å²) in [4.78, 5) is 14.4. The van der Waals surface area contributed by atoms with Gasteiger partial charge in [-0.1, -0.05) is 6.92 Å². The molecule has 1 amide bonds. The van der Waals surface area contributed by atoms with Crippen molar-refractivity contribution in [1.29, 1.82) is 0 Å². The highest BCUT2D eigenvalue weighted by molar-refractivity contribution is 5.81. The highest BCUT2D eigenvalue weighted by Gasteiger charge is 2.26. The van der Waals surface area contributed by atoms with Gasteiger partial charge in [0, 0.05) is 6.04 Å². The van der Waals surface area contributed by atoms with Gasteiger partial charge in [0.25, 0.3) is 0 Å². The van der Waals surface area contributed by atoms with E-state index < -0.39 is 0 Å². The second-order valence-corrected chi connectivity index (χ2v) is 5.87. The molecule has 0 aliphatic carbocycles. The molecule has 4 heteroatoms. The van der Waals surface area contributed by atoms with E-state index >= 15 is 0 Å². The first-order chi connectivity index (χ1) is 9.08. The van der Waals surface area contributed by atoms with Gasteiger partial charge >= 0.3 is 0 Å². The standard InChI is InChI=1S/C15H31N3O/c1-5-12(2)17-15(19)13(3)18-10-7-14(8-11-18)6-9-16-4/h12-14,16H,5-11H2,1-4H3,(H,17,19). The van der Waals surface area contributed by atoms with Gasteiger partial charge < -0.3 is 10.6 Å². The predicted molar refractivity (Wildman–Crippen MR) is 80.2 cm³/mol. The fraction of sp³-hybridized carbons (Fsp3) is 0.933. The topological polar surface area (TPSA) is 44.4 Å². The van der Waals surface area contributed by atoms with Gasteiger partial charge in [-0.25, -0.2) is 0 Å². The Morgan fingerprint density at radius 1 is 1.32 bits per heavy atom. The van der Waals surface area contributed by atoms with Crippen molar-refractivity contribution in [3.8, 4) is 0 Å². The smallest absolute Gasteiger partial charge is 0.237 e. The summed E-state index contributed by atoms with van der Waals surface area (Å²) in [6.45, 7) is 9.42. The van der Waals surface area contributed by atoms with Crippen molar-refractivity contribution in [1.82, 2.24) is 15.5 Å². The van der Waals surface area contributed by atoms with Crippen LogP contribution in [0.15, 0.2) is 0 Å². The Labute approximate surface area is 118 Å². The van der Waals surface area contributed by atoms with E-state index in [-0.39, 0.29) is 18.0 Å². The van der Waals surface area contributed by atoms with Crippen molar-refractivity contribution in [2.24, 2.45) is 5.92 Å². The average Bonchev–Trinajstić information content (AvgIpc) is 2.44. The maximum absolute atomic E-state index is 12.1. The van der Waals surface area contributed by atoms with E-state index in [2.05, 4.69) is 29.4 Å². The molecule has 0 saturated carbocycles. The molecule has 2 N–H and O–H groups in total. The molecule has 1 fully saturated rings. The van der Waals surface area contributed by atoms with Crippen LogP contribution in [0.4, 0.5) is 0 Å². The monoisotopic (exact) mass is 269 g/mol. The van der Waals surface area contributed by atoms with Crippen molar-refractivity contribution in [3.63, 3.8) is 0 Å². The molecule has 4 nitrogen and oxygen atoms in total. The SMILES string of the molecule is CCC(C)NC(=O)C(C)N1CCC(CCNC)CC1. The van der Waals surface area contributed by atoms with Crippen LogP contribution < -0.4 is 10.6 Å². The third-order valence-electron chi connectivity index (χ3n) is 4.38. The van der Waals surface area contributed by atoms with Crippen LogP contribution in [0.5, 0.6) is 0 Å². The number of nitrogens with zero attached hydrogens (tertiary/aromatic N) is 1. The Morgan fingerprint density at radius 3 is 2.47 bits per heavy atom. The number of carbonyl (C=O) groups excluding carboxylic acids is 1. The van der Waals surface area contributed by atoms with Gasteiger partial charge in [-0.15, -0.1) is 0 Å². The zero-order valence-corrected chi connectivity index (χ0v) is 13.0. The highest BCUT2D eigenvalue weighted by Crippen LogP contribution is 2.21. The zero-order chi connectivity index (χ0) is 14.3. The second kappa shape index (κ2) is 8.54. The lowest BCUT2D eigenvalue weighted by Gasteiger charge is -2.35. The molecule has 1 aliphatic heterocycles. The molecule has 1 saturated heterocycles. The first-order valence-electron chi connectivity index (χ1n) is 7.77. The van der Waals surface area contributed by atoms with Gasteiger partial charge in [-0.3, -0.25) is 9.69 Å². The van der Waals surface area contributed by atoms with E-state index in [1.54, 1.807) is 0 Å². The van der Waals surface area contributed by atoms with E-state index in [4.69, 9.17) is 0 Å². The van der Waals surface area contributed by atoms with Crippen molar-refractivity contribution in [2.45, 2.75) is 58.5 Å². The van der Waals surface area contributed by atoms with Crippen LogP contribution >= 0.6 is 0 Å². The van der Waals surface area contributed by atoms with E-state index in [9.17, 15) is 4.79 Å². The summed E-state index contributed by atoms with van der Waals surface area (Å²) < 4.78 is 0. The lowest BCUT2D eigenvalue weighted by Crippen LogP contribution is -2.50. The number of likely N-dealkylation sites (tertiary alicyclic amines) is 1. The first kappa shape index (κ1) is 16.4.